The summed E-state index contributed by atoms with van der Waals surface area (Å²) in [7, 11) is 0. The van der Waals surface area contributed by atoms with Crippen molar-refractivity contribution in [3.63, 3.8) is 0 Å². The van der Waals surface area contributed by atoms with E-state index >= 15 is 0 Å². The molecular weight excluding hydrogens is 336 g/mol. The van der Waals surface area contributed by atoms with Crippen molar-refractivity contribution in [2.45, 2.75) is 10.7 Å². The highest BCUT2D eigenvalue weighted by molar-refractivity contribution is 6.67. The number of halogens is 4. The first-order chi connectivity index (χ1) is 8.69. The average Bonchev–Trinajstić information content (AvgIpc) is 2.25. The molecule has 0 aliphatic rings. The molecule has 0 spiro atoms. The molecule has 0 bridgehead atoms. The molecule has 0 aliphatic carbocycles. The van der Waals surface area contributed by atoms with Crippen molar-refractivity contribution < 1.29 is 14.3 Å². The van der Waals surface area contributed by atoms with E-state index in [0.29, 0.717) is 11.3 Å². The van der Waals surface area contributed by atoms with Crippen LogP contribution in [0.5, 0.6) is 0 Å². The first-order valence-electron chi connectivity index (χ1n) is 5.00. The standard InChI is InChI=1S/C11H9Cl4NO3/c1-6(17)8-3-2-7(4-9(8)12)16-10(18)19-5-11(13,14)15/h2-4H,5H2,1H3,(H,16,18). The molecule has 19 heavy (non-hydrogen) atoms. The lowest BCUT2D eigenvalue weighted by molar-refractivity contribution is 0.101. The van der Waals surface area contributed by atoms with Crippen molar-refractivity contribution in [2.75, 3.05) is 11.9 Å². The number of rotatable bonds is 3. The van der Waals surface area contributed by atoms with E-state index < -0.39 is 9.89 Å². The molecule has 0 fully saturated rings. The summed E-state index contributed by atoms with van der Waals surface area (Å²) in [5.74, 6) is -0.171. The number of hydrogen-bond donors (Lipinski definition) is 1. The molecule has 1 aromatic rings. The minimum Gasteiger partial charge on any atom is -0.445 e. The van der Waals surface area contributed by atoms with Gasteiger partial charge in [-0.1, -0.05) is 46.4 Å². The number of benzene rings is 1. The van der Waals surface area contributed by atoms with Gasteiger partial charge in [0, 0.05) is 11.3 Å². The number of Topliss-reactive ketones (excluding diaryl/α,β-unsaturated/α-hetero) is 1. The molecule has 0 saturated carbocycles. The first-order valence-corrected chi connectivity index (χ1v) is 6.51. The number of amides is 1. The normalized spacial score (nSPS) is 11.0. The number of alkyl halides is 3. The molecule has 0 unspecified atom stereocenters. The maximum absolute atomic E-state index is 11.4. The topological polar surface area (TPSA) is 55.4 Å². The van der Waals surface area contributed by atoms with E-state index in [2.05, 4.69) is 10.1 Å². The van der Waals surface area contributed by atoms with Gasteiger partial charge in [0.2, 0.25) is 3.79 Å². The summed E-state index contributed by atoms with van der Waals surface area (Å²) in [6, 6.07) is 4.43. The van der Waals surface area contributed by atoms with Gasteiger partial charge in [-0.3, -0.25) is 10.1 Å². The van der Waals surface area contributed by atoms with E-state index in [1.807, 2.05) is 0 Å². The molecule has 4 nitrogen and oxygen atoms in total. The Hall–Kier alpha value is -0.680. The molecule has 1 amide bonds. The quantitative estimate of drug-likeness (QED) is 0.650. The maximum Gasteiger partial charge on any atom is 0.411 e. The summed E-state index contributed by atoms with van der Waals surface area (Å²) in [5, 5.41) is 2.62. The number of anilines is 1. The van der Waals surface area contributed by atoms with Crippen LogP contribution in [0.3, 0.4) is 0 Å². The lowest BCUT2D eigenvalue weighted by atomic mass is 10.1. The second kappa shape index (κ2) is 6.66. The summed E-state index contributed by atoms with van der Waals surface area (Å²) in [5.41, 5.74) is 0.728. The maximum atomic E-state index is 11.4. The van der Waals surface area contributed by atoms with E-state index in [0.717, 1.165) is 0 Å². The van der Waals surface area contributed by atoms with Crippen LogP contribution in [0.2, 0.25) is 5.02 Å². The summed E-state index contributed by atoms with van der Waals surface area (Å²) in [6.07, 6.45) is -0.794. The summed E-state index contributed by atoms with van der Waals surface area (Å²) in [4.78, 5) is 22.5. The summed E-state index contributed by atoms with van der Waals surface area (Å²) in [6.45, 7) is 1.01. The van der Waals surface area contributed by atoms with Gasteiger partial charge in [-0.2, -0.15) is 0 Å². The first kappa shape index (κ1) is 16.4. The van der Waals surface area contributed by atoms with Crippen LogP contribution in [-0.2, 0) is 4.74 Å². The van der Waals surface area contributed by atoms with Gasteiger partial charge in [0.15, 0.2) is 5.78 Å². The zero-order valence-electron chi connectivity index (χ0n) is 9.68. The Morgan fingerprint density at radius 1 is 1.32 bits per heavy atom. The van der Waals surface area contributed by atoms with Gasteiger partial charge in [-0.15, -0.1) is 0 Å². The Balaban J connectivity index is 2.65. The molecule has 0 saturated heterocycles. The van der Waals surface area contributed by atoms with E-state index in [4.69, 9.17) is 46.4 Å². The molecule has 0 aromatic heterocycles. The van der Waals surface area contributed by atoms with Crippen LogP contribution < -0.4 is 5.32 Å². The highest BCUT2D eigenvalue weighted by Gasteiger charge is 2.22. The number of ketones is 1. The van der Waals surface area contributed by atoms with E-state index in [-0.39, 0.29) is 17.4 Å². The number of nitrogens with one attached hydrogen (secondary N) is 1. The van der Waals surface area contributed by atoms with E-state index in [9.17, 15) is 9.59 Å². The smallest absolute Gasteiger partial charge is 0.411 e. The van der Waals surface area contributed by atoms with Crippen molar-refractivity contribution >= 4 is 64.0 Å². The molecule has 1 N–H and O–H groups in total. The van der Waals surface area contributed by atoms with Crippen LogP contribution in [0.4, 0.5) is 10.5 Å². The molecule has 8 heteroatoms. The molecule has 0 aliphatic heterocycles. The number of ether oxygens (including phenoxy) is 1. The predicted molar refractivity (Wildman–Crippen MR) is 76.7 cm³/mol. The Kier molecular flexibility index (Phi) is 5.74. The predicted octanol–water partition coefficient (Wildman–Crippen LogP) is 4.46. The van der Waals surface area contributed by atoms with Crippen LogP contribution in [0, 0.1) is 0 Å². The van der Waals surface area contributed by atoms with Crippen LogP contribution in [0.25, 0.3) is 0 Å². The Morgan fingerprint density at radius 2 is 1.95 bits per heavy atom. The third-order valence-electron chi connectivity index (χ3n) is 1.96. The highest BCUT2D eigenvalue weighted by atomic mass is 35.6. The Labute approximate surface area is 129 Å². The molecule has 0 atom stereocenters. The van der Waals surface area contributed by atoms with Gasteiger partial charge in [-0.05, 0) is 25.1 Å². The summed E-state index contributed by atoms with van der Waals surface area (Å²) < 4.78 is 3.00. The number of carbonyl (C=O) groups is 2. The van der Waals surface area contributed by atoms with Gasteiger partial charge in [0.1, 0.15) is 6.61 Å². The molecule has 0 heterocycles. The lowest BCUT2D eigenvalue weighted by Gasteiger charge is -2.12. The van der Waals surface area contributed by atoms with E-state index in [1.54, 1.807) is 0 Å². The lowest BCUT2D eigenvalue weighted by Crippen LogP contribution is -2.21. The molecule has 1 rings (SSSR count). The van der Waals surface area contributed by atoms with Crippen LogP contribution in [0.1, 0.15) is 17.3 Å². The minimum absolute atomic E-state index is 0.171. The molecule has 0 radical (unpaired) electrons. The SMILES string of the molecule is CC(=O)c1ccc(NC(=O)OCC(Cl)(Cl)Cl)cc1Cl. The average molecular weight is 345 g/mol. The Morgan fingerprint density at radius 3 is 2.42 bits per heavy atom. The molecule has 1 aromatic carbocycles. The molecular formula is C11H9Cl4NO3. The number of carbonyl (C=O) groups excluding carboxylic acids is 2. The van der Waals surface area contributed by atoms with Gasteiger partial charge < -0.3 is 4.74 Å². The van der Waals surface area contributed by atoms with Crippen molar-refractivity contribution in [3.8, 4) is 0 Å². The van der Waals surface area contributed by atoms with Crippen LogP contribution in [0.15, 0.2) is 18.2 Å². The third-order valence-corrected chi connectivity index (χ3v) is 2.60. The molecule has 104 valence electrons. The zero-order chi connectivity index (χ0) is 14.6. The van der Waals surface area contributed by atoms with Gasteiger partial charge in [0.05, 0.1) is 5.02 Å². The fourth-order valence-corrected chi connectivity index (χ4v) is 1.66. The highest BCUT2D eigenvalue weighted by Crippen LogP contribution is 2.26. The number of hydrogen-bond acceptors (Lipinski definition) is 3. The van der Waals surface area contributed by atoms with Crippen molar-refractivity contribution in [3.05, 3.63) is 28.8 Å². The minimum atomic E-state index is -1.67. The van der Waals surface area contributed by atoms with Gasteiger partial charge in [-0.25, -0.2) is 4.79 Å². The van der Waals surface area contributed by atoms with Crippen molar-refractivity contribution in [1.82, 2.24) is 0 Å². The van der Waals surface area contributed by atoms with Crippen LogP contribution in [-0.4, -0.2) is 22.3 Å². The second-order valence-electron chi connectivity index (χ2n) is 3.57. The van der Waals surface area contributed by atoms with E-state index in [1.165, 1.54) is 25.1 Å². The van der Waals surface area contributed by atoms with Gasteiger partial charge in [0.25, 0.3) is 0 Å². The fourth-order valence-electron chi connectivity index (χ4n) is 1.18. The fraction of sp³-hybridized carbons (Fsp3) is 0.273. The van der Waals surface area contributed by atoms with Crippen molar-refractivity contribution in [1.29, 1.82) is 0 Å². The summed E-state index contributed by atoms with van der Waals surface area (Å²) >= 11 is 22.2. The van der Waals surface area contributed by atoms with Gasteiger partial charge >= 0.3 is 6.09 Å². The second-order valence-corrected chi connectivity index (χ2v) is 6.49. The van der Waals surface area contributed by atoms with Crippen LogP contribution >= 0.6 is 46.4 Å². The monoisotopic (exact) mass is 343 g/mol. The largest absolute Gasteiger partial charge is 0.445 e. The Bertz CT molecular complexity index is 499. The third kappa shape index (κ3) is 5.87. The zero-order valence-corrected chi connectivity index (χ0v) is 12.7. The van der Waals surface area contributed by atoms with Crippen molar-refractivity contribution in [2.24, 2.45) is 0 Å².